The van der Waals surface area contributed by atoms with Crippen LogP contribution in [0.3, 0.4) is 0 Å². The van der Waals surface area contributed by atoms with E-state index in [1.54, 1.807) is 35.8 Å². The summed E-state index contributed by atoms with van der Waals surface area (Å²) >= 11 is 12.9. The van der Waals surface area contributed by atoms with E-state index < -0.39 is 15.9 Å². The van der Waals surface area contributed by atoms with Crippen molar-refractivity contribution in [1.82, 2.24) is 14.3 Å². The molecule has 0 aliphatic heterocycles. The van der Waals surface area contributed by atoms with E-state index in [0.717, 1.165) is 28.2 Å². The summed E-state index contributed by atoms with van der Waals surface area (Å²) in [7, 11) is -3.99. The SMILES string of the molecule is Cc1nc(Cl)c(C=CC(=O)NS(=O)(=O)C=Cc2ccccc2)n1Cc1ccc(C=Cc2ccccc2)cc1Cl. The second-order valence-electron chi connectivity index (χ2n) is 8.57. The van der Waals surface area contributed by atoms with Crippen LogP contribution in [0.15, 0.2) is 90.3 Å². The molecule has 0 radical (unpaired) electrons. The predicted molar refractivity (Wildman–Crippen MR) is 159 cm³/mol. The van der Waals surface area contributed by atoms with E-state index in [0.29, 0.717) is 28.6 Å². The molecule has 0 fully saturated rings. The van der Waals surface area contributed by atoms with E-state index in [1.807, 2.05) is 71.5 Å². The van der Waals surface area contributed by atoms with Crippen molar-refractivity contribution < 1.29 is 13.2 Å². The highest BCUT2D eigenvalue weighted by molar-refractivity contribution is 7.93. The number of carbonyl (C=O) groups excluding carboxylic acids is 1. The van der Waals surface area contributed by atoms with Crippen molar-refractivity contribution in [1.29, 1.82) is 0 Å². The first-order chi connectivity index (χ1) is 18.7. The van der Waals surface area contributed by atoms with Crippen LogP contribution in [0, 0.1) is 6.92 Å². The molecule has 4 aromatic rings. The quantitative estimate of drug-likeness (QED) is 0.174. The first-order valence-corrected chi connectivity index (χ1v) is 14.2. The summed E-state index contributed by atoms with van der Waals surface area (Å²) in [5.41, 5.74) is 4.01. The van der Waals surface area contributed by atoms with Gasteiger partial charge in [0.1, 0.15) is 5.82 Å². The number of hydrogen-bond acceptors (Lipinski definition) is 4. The maximum atomic E-state index is 12.4. The minimum absolute atomic E-state index is 0.182. The van der Waals surface area contributed by atoms with Crippen LogP contribution in [0.5, 0.6) is 0 Å². The Morgan fingerprint density at radius 1 is 0.872 bits per heavy atom. The zero-order chi connectivity index (χ0) is 27.8. The lowest BCUT2D eigenvalue weighted by molar-refractivity contribution is -0.114. The van der Waals surface area contributed by atoms with Crippen molar-refractivity contribution in [3.05, 3.63) is 134 Å². The Hall–Kier alpha value is -3.91. The van der Waals surface area contributed by atoms with Crippen molar-refractivity contribution in [3.63, 3.8) is 0 Å². The van der Waals surface area contributed by atoms with Crippen LogP contribution in [-0.4, -0.2) is 23.9 Å². The number of hydrogen-bond donors (Lipinski definition) is 1. The minimum atomic E-state index is -3.99. The summed E-state index contributed by atoms with van der Waals surface area (Å²) in [6, 6.07) is 24.6. The topological polar surface area (TPSA) is 81.1 Å². The Balaban J connectivity index is 1.47. The molecule has 0 bridgehead atoms. The molecule has 3 aromatic carbocycles. The van der Waals surface area contributed by atoms with Crippen LogP contribution < -0.4 is 4.72 Å². The highest BCUT2D eigenvalue weighted by atomic mass is 35.5. The molecule has 1 heterocycles. The summed E-state index contributed by atoms with van der Waals surface area (Å²) in [4.78, 5) is 16.7. The van der Waals surface area contributed by atoms with Gasteiger partial charge in [-0.25, -0.2) is 18.1 Å². The Bertz CT molecular complexity index is 1660. The molecule has 0 aliphatic carbocycles. The molecule has 1 aromatic heterocycles. The summed E-state index contributed by atoms with van der Waals surface area (Å²) in [6.45, 7) is 2.14. The van der Waals surface area contributed by atoms with Gasteiger partial charge in [0.05, 0.1) is 17.6 Å². The van der Waals surface area contributed by atoms with Gasteiger partial charge in [-0.05, 0) is 47.4 Å². The number of halogens is 2. The van der Waals surface area contributed by atoms with Crippen LogP contribution in [0.25, 0.3) is 24.3 Å². The molecular formula is C30H25Cl2N3O3S. The van der Waals surface area contributed by atoms with Crippen LogP contribution in [-0.2, 0) is 21.4 Å². The molecule has 1 N–H and O–H groups in total. The highest BCUT2D eigenvalue weighted by Gasteiger charge is 2.14. The van der Waals surface area contributed by atoms with Crippen LogP contribution in [0.1, 0.15) is 33.8 Å². The van der Waals surface area contributed by atoms with E-state index in [-0.39, 0.29) is 5.15 Å². The maximum Gasteiger partial charge on any atom is 0.257 e. The number of aryl methyl sites for hydroxylation is 1. The molecule has 1 amide bonds. The summed E-state index contributed by atoms with van der Waals surface area (Å²) < 4.78 is 28.4. The fourth-order valence-electron chi connectivity index (χ4n) is 3.72. The fourth-order valence-corrected chi connectivity index (χ4v) is 5.01. The molecular weight excluding hydrogens is 553 g/mol. The molecule has 198 valence electrons. The van der Waals surface area contributed by atoms with E-state index in [4.69, 9.17) is 23.2 Å². The molecule has 0 saturated heterocycles. The Kier molecular flexibility index (Phi) is 9.19. The zero-order valence-electron chi connectivity index (χ0n) is 21.0. The second-order valence-corrected chi connectivity index (χ2v) is 10.9. The number of benzene rings is 3. The van der Waals surface area contributed by atoms with Crippen LogP contribution >= 0.6 is 23.2 Å². The number of carbonyl (C=O) groups is 1. The number of amides is 1. The summed E-state index contributed by atoms with van der Waals surface area (Å²) in [5.74, 6) is -0.204. The largest absolute Gasteiger partial charge is 0.323 e. The summed E-state index contributed by atoms with van der Waals surface area (Å²) in [6.07, 6.45) is 7.93. The van der Waals surface area contributed by atoms with Crippen molar-refractivity contribution in [2.75, 3.05) is 0 Å². The smallest absolute Gasteiger partial charge is 0.257 e. The predicted octanol–water partition coefficient (Wildman–Crippen LogP) is 6.85. The van der Waals surface area contributed by atoms with Crippen molar-refractivity contribution in [2.45, 2.75) is 13.5 Å². The average Bonchev–Trinajstić information content (AvgIpc) is 3.18. The van der Waals surface area contributed by atoms with Gasteiger partial charge in [0.2, 0.25) is 0 Å². The molecule has 6 nitrogen and oxygen atoms in total. The Morgan fingerprint density at radius 3 is 2.13 bits per heavy atom. The third kappa shape index (κ3) is 8.04. The average molecular weight is 579 g/mol. The lowest BCUT2D eigenvalue weighted by atomic mass is 10.1. The van der Waals surface area contributed by atoms with E-state index in [2.05, 4.69) is 4.98 Å². The van der Waals surface area contributed by atoms with Gasteiger partial charge in [0.15, 0.2) is 5.15 Å². The summed E-state index contributed by atoms with van der Waals surface area (Å²) in [5, 5.41) is 1.69. The van der Waals surface area contributed by atoms with Crippen LogP contribution in [0.4, 0.5) is 0 Å². The minimum Gasteiger partial charge on any atom is -0.323 e. The van der Waals surface area contributed by atoms with Gasteiger partial charge in [-0.2, -0.15) is 0 Å². The van der Waals surface area contributed by atoms with Crippen molar-refractivity contribution in [3.8, 4) is 0 Å². The maximum absolute atomic E-state index is 12.4. The van der Waals surface area contributed by atoms with E-state index in [9.17, 15) is 13.2 Å². The number of nitrogens with one attached hydrogen (secondary N) is 1. The Morgan fingerprint density at radius 2 is 1.49 bits per heavy atom. The zero-order valence-corrected chi connectivity index (χ0v) is 23.3. The van der Waals surface area contributed by atoms with E-state index >= 15 is 0 Å². The molecule has 39 heavy (non-hydrogen) atoms. The number of aromatic nitrogens is 2. The molecule has 0 aliphatic rings. The molecule has 0 atom stereocenters. The second kappa shape index (κ2) is 12.8. The van der Waals surface area contributed by atoms with Gasteiger partial charge in [0, 0.05) is 11.1 Å². The third-order valence-electron chi connectivity index (χ3n) is 5.70. The number of imidazole rings is 1. The van der Waals surface area contributed by atoms with Gasteiger partial charge in [-0.1, -0.05) is 108 Å². The highest BCUT2D eigenvalue weighted by Crippen LogP contribution is 2.25. The van der Waals surface area contributed by atoms with Gasteiger partial charge >= 0.3 is 0 Å². The Labute approximate surface area is 238 Å². The lowest BCUT2D eigenvalue weighted by Crippen LogP contribution is -2.26. The first-order valence-electron chi connectivity index (χ1n) is 11.9. The fraction of sp³-hybridized carbons (Fsp3) is 0.0667. The van der Waals surface area contributed by atoms with Gasteiger partial charge < -0.3 is 4.57 Å². The number of rotatable bonds is 9. The number of sulfonamides is 1. The molecule has 0 unspecified atom stereocenters. The third-order valence-corrected chi connectivity index (χ3v) is 7.31. The molecule has 0 saturated carbocycles. The first kappa shape index (κ1) is 28.1. The molecule has 4 rings (SSSR count). The lowest BCUT2D eigenvalue weighted by Gasteiger charge is -2.11. The molecule has 0 spiro atoms. The van der Waals surface area contributed by atoms with Gasteiger partial charge in [-0.15, -0.1) is 0 Å². The molecule has 9 heteroatoms. The normalized spacial score (nSPS) is 12.1. The van der Waals surface area contributed by atoms with Crippen molar-refractivity contribution in [2.24, 2.45) is 0 Å². The monoisotopic (exact) mass is 577 g/mol. The van der Waals surface area contributed by atoms with Crippen LogP contribution in [0.2, 0.25) is 10.2 Å². The van der Waals surface area contributed by atoms with Crippen molar-refractivity contribution >= 4 is 63.4 Å². The van der Waals surface area contributed by atoms with Gasteiger partial charge in [-0.3, -0.25) is 4.79 Å². The standard InChI is InChI=1S/C30H25Cl2N3O3S/c1-22-33-30(32)28(16-17-29(36)34-39(37,38)19-18-24-10-6-3-7-11-24)35(22)21-26-15-14-25(20-27(26)31)13-12-23-8-4-2-5-9-23/h2-20H,21H2,1H3,(H,34,36). The number of nitrogens with zero attached hydrogens (tertiary/aromatic N) is 2. The van der Waals surface area contributed by atoms with E-state index in [1.165, 1.54) is 12.2 Å². The van der Waals surface area contributed by atoms with Gasteiger partial charge in [0.25, 0.3) is 15.9 Å².